The Morgan fingerprint density at radius 3 is 2.76 bits per heavy atom. The van der Waals surface area contributed by atoms with Gasteiger partial charge in [0.2, 0.25) is 0 Å². The quantitative estimate of drug-likeness (QED) is 0.674. The zero-order valence-electron chi connectivity index (χ0n) is 13.5. The Labute approximate surface area is 151 Å². The van der Waals surface area contributed by atoms with Crippen LogP contribution >= 0.6 is 11.6 Å². The lowest BCUT2D eigenvalue weighted by molar-refractivity contribution is 0.0954. The van der Waals surface area contributed by atoms with Crippen molar-refractivity contribution in [1.29, 1.82) is 0 Å². The summed E-state index contributed by atoms with van der Waals surface area (Å²) < 4.78 is 5.26. The molecule has 0 saturated carbocycles. The zero-order valence-corrected chi connectivity index (χ0v) is 14.3. The maximum atomic E-state index is 12.3. The molecular formula is C19H18ClN3O2. The lowest BCUT2D eigenvalue weighted by Gasteiger charge is -2.08. The summed E-state index contributed by atoms with van der Waals surface area (Å²) in [4.78, 5) is 16.4. The predicted molar refractivity (Wildman–Crippen MR) is 97.8 cm³/mol. The van der Waals surface area contributed by atoms with Crippen LogP contribution in [0.5, 0.6) is 0 Å². The third-order valence-corrected chi connectivity index (χ3v) is 3.91. The molecule has 3 rings (SSSR count). The van der Waals surface area contributed by atoms with Crippen molar-refractivity contribution in [1.82, 2.24) is 10.3 Å². The van der Waals surface area contributed by atoms with E-state index in [1.165, 1.54) is 0 Å². The molecule has 0 radical (unpaired) electrons. The highest BCUT2D eigenvalue weighted by atomic mass is 35.5. The van der Waals surface area contributed by atoms with Crippen molar-refractivity contribution in [2.24, 2.45) is 0 Å². The minimum Gasteiger partial charge on any atom is -0.467 e. The van der Waals surface area contributed by atoms with E-state index >= 15 is 0 Å². The van der Waals surface area contributed by atoms with Gasteiger partial charge in [0.1, 0.15) is 5.76 Å². The average molecular weight is 356 g/mol. The van der Waals surface area contributed by atoms with E-state index in [0.29, 0.717) is 23.7 Å². The van der Waals surface area contributed by atoms with Gasteiger partial charge in [-0.25, -0.2) is 0 Å². The minimum absolute atomic E-state index is 0.150. The normalized spacial score (nSPS) is 10.4. The van der Waals surface area contributed by atoms with Crippen LogP contribution < -0.4 is 10.6 Å². The first-order chi connectivity index (χ1) is 12.2. The van der Waals surface area contributed by atoms with Gasteiger partial charge in [0.05, 0.1) is 24.1 Å². The molecule has 0 aliphatic heterocycles. The second-order valence-electron chi connectivity index (χ2n) is 5.53. The lowest BCUT2D eigenvalue weighted by Crippen LogP contribution is -2.25. The standard InChI is InChI=1S/C19H18ClN3O2/c20-16-5-3-14(4-6-16)7-8-22-19(24)15-10-17(12-21-11-15)23-13-18-2-1-9-25-18/h1-6,9-12,23H,7-8,13H2,(H,22,24). The van der Waals surface area contributed by atoms with Gasteiger partial charge < -0.3 is 15.1 Å². The van der Waals surface area contributed by atoms with E-state index in [-0.39, 0.29) is 5.91 Å². The molecule has 25 heavy (non-hydrogen) atoms. The molecule has 2 aromatic heterocycles. The summed E-state index contributed by atoms with van der Waals surface area (Å²) in [7, 11) is 0. The summed E-state index contributed by atoms with van der Waals surface area (Å²) in [6.45, 7) is 1.08. The zero-order chi connectivity index (χ0) is 17.5. The Hall–Kier alpha value is -2.79. The smallest absolute Gasteiger partial charge is 0.252 e. The van der Waals surface area contributed by atoms with E-state index in [4.69, 9.17) is 16.0 Å². The van der Waals surface area contributed by atoms with Crippen LogP contribution in [-0.4, -0.2) is 17.4 Å². The fourth-order valence-corrected chi connectivity index (χ4v) is 2.46. The summed E-state index contributed by atoms with van der Waals surface area (Å²) in [5.74, 6) is 0.668. The van der Waals surface area contributed by atoms with Gasteiger partial charge in [-0.15, -0.1) is 0 Å². The number of carbonyl (C=O) groups is 1. The molecule has 3 aromatic rings. The molecule has 1 amide bonds. The monoisotopic (exact) mass is 355 g/mol. The molecule has 0 fully saturated rings. The second-order valence-corrected chi connectivity index (χ2v) is 5.96. The van der Waals surface area contributed by atoms with Gasteiger partial charge in [0, 0.05) is 24.0 Å². The maximum Gasteiger partial charge on any atom is 0.252 e. The van der Waals surface area contributed by atoms with Crippen molar-refractivity contribution in [3.63, 3.8) is 0 Å². The van der Waals surface area contributed by atoms with E-state index < -0.39 is 0 Å². The van der Waals surface area contributed by atoms with Crippen molar-refractivity contribution in [3.05, 3.63) is 83.0 Å². The van der Waals surface area contributed by atoms with Gasteiger partial charge in [-0.1, -0.05) is 23.7 Å². The average Bonchev–Trinajstić information content (AvgIpc) is 3.15. The molecule has 2 N–H and O–H groups in total. The van der Waals surface area contributed by atoms with Crippen LogP contribution in [0.3, 0.4) is 0 Å². The van der Waals surface area contributed by atoms with Crippen LogP contribution in [0.1, 0.15) is 21.7 Å². The van der Waals surface area contributed by atoms with Crippen molar-refractivity contribution in [3.8, 4) is 0 Å². The van der Waals surface area contributed by atoms with Gasteiger partial charge in [0.25, 0.3) is 5.91 Å². The first-order valence-corrected chi connectivity index (χ1v) is 8.32. The number of hydrogen-bond donors (Lipinski definition) is 2. The molecule has 0 aliphatic carbocycles. The third kappa shape index (κ3) is 5.09. The first kappa shape index (κ1) is 17.0. The molecule has 0 bridgehead atoms. The van der Waals surface area contributed by atoms with Crippen molar-refractivity contribution >= 4 is 23.2 Å². The lowest BCUT2D eigenvalue weighted by atomic mass is 10.1. The van der Waals surface area contributed by atoms with Gasteiger partial charge in [-0.3, -0.25) is 9.78 Å². The summed E-state index contributed by atoms with van der Waals surface area (Å²) in [6.07, 6.45) is 5.59. The number of amides is 1. The Kier molecular flexibility index (Phi) is 5.69. The highest BCUT2D eigenvalue weighted by Gasteiger charge is 2.07. The Balaban J connectivity index is 1.51. The minimum atomic E-state index is -0.150. The van der Waals surface area contributed by atoms with Gasteiger partial charge in [0.15, 0.2) is 0 Å². The van der Waals surface area contributed by atoms with E-state index in [1.54, 1.807) is 24.7 Å². The highest BCUT2D eigenvalue weighted by molar-refractivity contribution is 6.30. The molecule has 0 saturated heterocycles. The van der Waals surface area contributed by atoms with Crippen LogP contribution in [-0.2, 0) is 13.0 Å². The number of nitrogens with zero attached hydrogens (tertiary/aromatic N) is 1. The molecule has 0 unspecified atom stereocenters. The van der Waals surface area contributed by atoms with E-state index in [9.17, 15) is 4.79 Å². The summed E-state index contributed by atoms with van der Waals surface area (Å²) in [5, 5.41) is 6.79. The van der Waals surface area contributed by atoms with Crippen LogP contribution in [0, 0.1) is 0 Å². The number of carbonyl (C=O) groups excluding carboxylic acids is 1. The summed E-state index contributed by atoms with van der Waals surface area (Å²) in [5.41, 5.74) is 2.40. The largest absolute Gasteiger partial charge is 0.467 e. The first-order valence-electron chi connectivity index (χ1n) is 7.94. The molecule has 5 nitrogen and oxygen atoms in total. The molecule has 0 aliphatic rings. The number of halogens is 1. The fraction of sp³-hybridized carbons (Fsp3) is 0.158. The van der Waals surface area contributed by atoms with Gasteiger partial charge >= 0.3 is 0 Å². The van der Waals surface area contributed by atoms with Crippen molar-refractivity contribution in [2.45, 2.75) is 13.0 Å². The van der Waals surface area contributed by atoms with Crippen LogP contribution in [0.2, 0.25) is 5.02 Å². The van der Waals surface area contributed by atoms with Crippen molar-refractivity contribution in [2.75, 3.05) is 11.9 Å². The van der Waals surface area contributed by atoms with Crippen LogP contribution in [0.15, 0.2) is 65.5 Å². The van der Waals surface area contributed by atoms with E-state index in [0.717, 1.165) is 23.4 Å². The molecule has 1 aromatic carbocycles. The summed E-state index contributed by atoms with van der Waals surface area (Å²) in [6, 6.07) is 13.1. The Bertz CT molecular complexity index is 817. The molecule has 2 heterocycles. The number of anilines is 1. The topological polar surface area (TPSA) is 67.2 Å². The second kappa shape index (κ2) is 8.35. The summed E-state index contributed by atoms with van der Waals surface area (Å²) >= 11 is 5.86. The number of aromatic nitrogens is 1. The molecule has 6 heteroatoms. The predicted octanol–water partition coefficient (Wildman–Crippen LogP) is 3.91. The number of hydrogen-bond acceptors (Lipinski definition) is 4. The number of pyridine rings is 1. The fourth-order valence-electron chi connectivity index (χ4n) is 2.34. The van der Waals surface area contributed by atoms with E-state index in [1.807, 2.05) is 36.4 Å². The van der Waals surface area contributed by atoms with Crippen molar-refractivity contribution < 1.29 is 9.21 Å². The third-order valence-electron chi connectivity index (χ3n) is 3.66. The van der Waals surface area contributed by atoms with Crippen LogP contribution in [0.25, 0.3) is 0 Å². The number of nitrogens with one attached hydrogen (secondary N) is 2. The highest BCUT2D eigenvalue weighted by Crippen LogP contribution is 2.12. The Morgan fingerprint density at radius 2 is 2.00 bits per heavy atom. The Morgan fingerprint density at radius 1 is 1.16 bits per heavy atom. The number of furan rings is 1. The number of benzene rings is 1. The molecule has 0 atom stereocenters. The van der Waals surface area contributed by atoms with Crippen LogP contribution in [0.4, 0.5) is 5.69 Å². The SMILES string of the molecule is O=C(NCCc1ccc(Cl)cc1)c1cncc(NCc2ccco2)c1. The molecular weight excluding hydrogens is 338 g/mol. The maximum absolute atomic E-state index is 12.3. The molecule has 128 valence electrons. The molecule has 0 spiro atoms. The van der Waals surface area contributed by atoms with Gasteiger partial charge in [-0.05, 0) is 42.3 Å². The number of rotatable bonds is 7. The van der Waals surface area contributed by atoms with Gasteiger partial charge in [-0.2, -0.15) is 0 Å². The van der Waals surface area contributed by atoms with E-state index in [2.05, 4.69) is 15.6 Å².